The first-order chi connectivity index (χ1) is 9.24. The molecule has 0 aromatic rings. The molecule has 0 atom stereocenters. The molecule has 0 spiro atoms. The van der Waals surface area contributed by atoms with E-state index in [0.717, 1.165) is 25.7 Å². The third-order valence-corrected chi connectivity index (χ3v) is 4.71. The second-order valence-electron chi connectivity index (χ2n) is 4.60. The summed E-state index contributed by atoms with van der Waals surface area (Å²) in [5, 5.41) is 0. The third-order valence-electron chi connectivity index (χ3n) is 2.48. The van der Waals surface area contributed by atoms with E-state index >= 15 is 0 Å². The van der Waals surface area contributed by atoms with Crippen molar-refractivity contribution in [1.82, 2.24) is 0 Å². The van der Waals surface area contributed by atoms with Crippen LogP contribution in [0.1, 0.15) is 66.2 Å². The summed E-state index contributed by atoms with van der Waals surface area (Å²) in [4.78, 5) is 0. The highest BCUT2D eigenvalue weighted by Gasteiger charge is 2.45. The fraction of sp³-hybridized carbons (Fsp3) is 1.00. The first-order valence-corrected chi connectivity index (χ1v) is 9.43. The van der Waals surface area contributed by atoms with Gasteiger partial charge in [-0.05, 0) is 25.7 Å². The predicted molar refractivity (Wildman–Crippen MR) is 80.0 cm³/mol. The van der Waals surface area contributed by atoms with Crippen molar-refractivity contribution >= 4 is 9.05 Å². The molecule has 0 unspecified atom stereocenters. The molecule has 116 valence electrons. The molecule has 0 aromatic heterocycles. The van der Waals surface area contributed by atoms with Crippen molar-refractivity contribution < 1.29 is 17.7 Å². The zero-order valence-electron chi connectivity index (χ0n) is 13.2. The summed E-state index contributed by atoms with van der Waals surface area (Å²) < 4.78 is 23.4. The van der Waals surface area contributed by atoms with Crippen molar-refractivity contribution in [2.24, 2.45) is 0 Å². The quantitative estimate of drug-likeness (QED) is 0.359. The van der Waals surface area contributed by atoms with E-state index in [9.17, 15) is 0 Å². The SMILES string of the molecule is CCCCCO[Si](OCCC)(OCCC)OCCC. The highest BCUT2D eigenvalue weighted by atomic mass is 28.4. The molecular formula is C14H32O4Si. The number of hydrogen-bond acceptors (Lipinski definition) is 4. The molecule has 0 amide bonds. The van der Waals surface area contributed by atoms with Gasteiger partial charge in [0.05, 0.1) is 0 Å². The second kappa shape index (κ2) is 13.1. The summed E-state index contributed by atoms with van der Waals surface area (Å²) in [6, 6.07) is 0. The molecule has 0 heterocycles. The maximum Gasteiger partial charge on any atom is 0.679 e. The van der Waals surface area contributed by atoms with Gasteiger partial charge in [0.2, 0.25) is 0 Å². The van der Waals surface area contributed by atoms with Crippen LogP contribution >= 0.6 is 0 Å². The highest BCUT2D eigenvalue weighted by molar-refractivity contribution is 6.53. The molecule has 0 aliphatic rings. The molecule has 0 aliphatic heterocycles. The van der Waals surface area contributed by atoms with Gasteiger partial charge in [-0.3, -0.25) is 0 Å². The lowest BCUT2D eigenvalue weighted by molar-refractivity contribution is -0.0353. The number of unbranched alkanes of at least 4 members (excludes halogenated alkanes) is 2. The van der Waals surface area contributed by atoms with Crippen LogP contribution in [0.4, 0.5) is 0 Å². The Kier molecular flexibility index (Phi) is 13.1. The summed E-state index contributed by atoms with van der Waals surface area (Å²) in [7, 11) is -2.91. The van der Waals surface area contributed by atoms with E-state index < -0.39 is 9.05 Å². The molecule has 0 saturated carbocycles. The van der Waals surface area contributed by atoms with Gasteiger partial charge in [-0.25, -0.2) is 0 Å². The van der Waals surface area contributed by atoms with Gasteiger partial charge in [-0.1, -0.05) is 40.5 Å². The van der Waals surface area contributed by atoms with Crippen molar-refractivity contribution in [3.05, 3.63) is 0 Å². The maximum absolute atomic E-state index is 5.91. The van der Waals surface area contributed by atoms with E-state index in [4.69, 9.17) is 17.7 Å². The average Bonchev–Trinajstić information content (AvgIpc) is 2.44. The Morgan fingerprint density at radius 2 is 0.947 bits per heavy atom. The minimum absolute atomic E-state index is 0.632. The molecular weight excluding hydrogens is 260 g/mol. The number of hydrogen-bond donors (Lipinski definition) is 0. The minimum atomic E-state index is -2.91. The zero-order valence-corrected chi connectivity index (χ0v) is 14.2. The topological polar surface area (TPSA) is 36.9 Å². The Morgan fingerprint density at radius 1 is 0.526 bits per heavy atom. The Labute approximate surface area is 120 Å². The summed E-state index contributed by atoms with van der Waals surface area (Å²) in [6.45, 7) is 11.0. The summed E-state index contributed by atoms with van der Waals surface area (Å²) >= 11 is 0. The monoisotopic (exact) mass is 292 g/mol. The molecule has 0 N–H and O–H groups in total. The summed E-state index contributed by atoms with van der Waals surface area (Å²) in [5.41, 5.74) is 0. The smallest absolute Gasteiger partial charge is 0.351 e. The molecule has 19 heavy (non-hydrogen) atoms. The van der Waals surface area contributed by atoms with Gasteiger partial charge in [-0.15, -0.1) is 0 Å². The van der Waals surface area contributed by atoms with Crippen molar-refractivity contribution in [2.45, 2.75) is 66.2 Å². The molecule has 4 nitrogen and oxygen atoms in total. The molecule has 0 fully saturated rings. The Bertz CT molecular complexity index is 169. The first kappa shape index (κ1) is 19.1. The Hall–Kier alpha value is 0.0569. The Morgan fingerprint density at radius 3 is 1.32 bits per heavy atom. The van der Waals surface area contributed by atoms with Gasteiger partial charge in [0, 0.05) is 26.4 Å². The molecule has 5 heteroatoms. The van der Waals surface area contributed by atoms with Crippen LogP contribution in [0.25, 0.3) is 0 Å². The van der Waals surface area contributed by atoms with Gasteiger partial charge >= 0.3 is 9.05 Å². The molecule has 0 bridgehead atoms. The first-order valence-electron chi connectivity index (χ1n) is 7.80. The van der Waals surface area contributed by atoms with Crippen molar-refractivity contribution in [3.8, 4) is 0 Å². The third kappa shape index (κ3) is 9.57. The van der Waals surface area contributed by atoms with Crippen molar-refractivity contribution in [2.75, 3.05) is 26.4 Å². The van der Waals surface area contributed by atoms with E-state index in [1.807, 2.05) is 0 Å². The van der Waals surface area contributed by atoms with Crippen LogP contribution in [-0.2, 0) is 17.7 Å². The zero-order chi connectivity index (χ0) is 14.4. The van der Waals surface area contributed by atoms with E-state index in [0.29, 0.717) is 26.4 Å². The highest BCUT2D eigenvalue weighted by Crippen LogP contribution is 2.15. The van der Waals surface area contributed by atoms with Gasteiger partial charge in [0.25, 0.3) is 0 Å². The summed E-state index contributed by atoms with van der Waals surface area (Å²) in [5.74, 6) is 0. The summed E-state index contributed by atoms with van der Waals surface area (Å²) in [6.07, 6.45) is 6.21. The van der Waals surface area contributed by atoms with Crippen LogP contribution in [0.15, 0.2) is 0 Å². The van der Waals surface area contributed by atoms with Gasteiger partial charge in [0.1, 0.15) is 0 Å². The maximum atomic E-state index is 5.91. The van der Waals surface area contributed by atoms with Crippen LogP contribution in [0, 0.1) is 0 Å². The van der Waals surface area contributed by atoms with Crippen LogP contribution in [0.3, 0.4) is 0 Å². The minimum Gasteiger partial charge on any atom is -0.351 e. The van der Waals surface area contributed by atoms with Gasteiger partial charge in [0.15, 0.2) is 0 Å². The molecule has 0 saturated heterocycles. The van der Waals surface area contributed by atoms with Gasteiger partial charge < -0.3 is 17.7 Å². The van der Waals surface area contributed by atoms with Crippen molar-refractivity contribution in [1.29, 1.82) is 0 Å². The van der Waals surface area contributed by atoms with E-state index in [1.54, 1.807) is 0 Å². The molecule has 0 radical (unpaired) electrons. The molecule has 0 rings (SSSR count). The molecule has 0 aliphatic carbocycles. The van der Waals surface area contributed by atoms with Crippen LogP contribution in [0.2, 0.25) is 0 Å². The van der Waals surface area contributed by atoms with Crippen LogP contribution < -0.4 is 0 Å². The normalized spacial score (nSPS) is 12.0. The lowest BCUT2D eigenvalue weighted by Crippen LogP contribution is -2.50. The van der Waals surface area contributed by atoms with Gasteiger partial charge in [-0.2, -0.15) is 0 Å². The van der Waals surface area contributed by atoms with E-state index in [2.05, 4.69) is 27.7 Å². The van der Waals surface area contributed by atoms with E-state index in [-0.39, 0.29) is 0 Å². The largest absolute Gasteiger partial charge is 0.679 e. The molecule has 0 aromatic carbocycles. The average molecular weight is 292 g/mol. The Balaban J connectivity index is 4.38. The second-order valence-corrected chi connectivity index (χ2v) is 6.76. The number of rotatable bonds is 14. The lowest BCUT2D eigenvalue weighted by atomic mass is 10.3. The lowest BCUT2D eigenvalue weighted by Gasteiger charge is -2.28. The standard InChI is InChI=1S/C14H32O4Si/c1-5-9-10-14-18-19(15-11-6-2,16-12-7-3)17-13-8-4/h5-14H2,1-4H3. The van der Waals surface area contributed by atoms with Crippen LogP contribution in [-0.4, -0.2) is 35.5 Å². The van der Waals surface area contributed by atoms with Crippen LogP contribution in [0.5, 0.6) is 0 Å². The predicted octanol–water partition coefficient (Wildman–Crippen LogP) is 3.91. The fourth-order valence-corrected chi connectivity index (χ4v) is 3.74. The fourth-order valence-electron chi connectivity index (χ4n) is 1.48. The van der Waals surface area contributed by atoms with Crippen molar-refractivity contribution in [3.63, 3.8) is 0 Å². The van der Waals surface area contributed by atoms with E-state index in [1.165, 1.54) is 12.8 Å².